The van der Waals surface area contributed by atoms with Crippen LogP contribution in [0.1, 0.15) is 25.5 Å². The molecule has 1 aliphatic rings. The van der Waals surface area contributed by atoms with E-state index in [9.17, 15) is 9.59 Å². The number of amides is 2. The van der Waals surface area contributed by atoms with Gasteiger partial charge in [-0.25, -0.2) is 9.59 Å². The van der Waals surface area contributed by atoms with Crippen molar-refractivity contribution in [2.45, 2.75) is 19.9 Å². The van der Waals surface area contributed by atoms with E-state index in [0.717, 1.165) is 0 Å². The van der Waals surface area contributed by atoms with Gasteiger partial charge in [-0.2, -0.15) is 5.26 Å². The molecule has 120 valence electrons. The Morgan fingerprint density at radius 3 is 2.83 bits per heavy atom. The van der Waals surface area contributed by atoms with Crippen LogP contribution in [-0.2, 0) is 9.53 Å². The maximum Gasteiger partial charge on any atom is 0.338 e. The molecule has 0 saturated carbocycles. The number of nitrogens with one attached hydrogen (secondary N) is 2. The summed E-state index contributed by atoms with van der Waals surface area (Å²) < 4.78 is 10.5. The zero-order valence-electron chi connectivity index (χ0n) is 12.9. The highest BCUT2D eigenvalue weighted by molar-refractivity contribution is 5.95. The van der Waals surface area contributed by atoms with Crippen molar-refractivity contribution in [2.75, 3.05) is 13.2 Å². The molecule has 7 nitrogen and oxygen atoms in total. The molecular weight excluding hydrogens is 298 g/mol. The molecule has 1 aliphatic heterocycles. The molecule has 2 rings (SSSR count). The number of urea groups is 1. The predicted molar refractivity (Wildman–Crippen MR) is 81.3 cm³/mol. The Morgan fingerprint density at radius 1 is 1.39 bits per heavy atom. The topological polar surface area (TPSA) is 100 Å². The van der Waals surface area contributed by atoms with Gasteiger partial charge in [-0.05, 0) is 19.9 Å². The molecular formula is C16H17N3O4. The van der Waals surface area contributed by atoms with Crippen LogP contribution in [0.4, 0.5) is 4.79 Å². The van der Waals surface area contributed by atoms with Gasteiger partial charge < -0.3 is 20.1 Å². The number of nitrogens with zero attached hydrogens (tertiary/aromatic N) is 1. The van der Waals surface area contributed by atoms with Crippen molar-refractivity contribution in [3.8, 4) is 11.8 Å². The Balaban J connectivity index is 2.46. The summed E-state index contributed by atoms with van der Waals surface area (Å²) in [6, 6.07) is 7.69. The molecule has 0 bridgehead atoms. The van der Waals surface area contributed by atoms with Crippen LogP contribution in [0.25, 0.3) is 0 Å². The second-order valence-electron chi connectivity index (χ2n) is 4.78. The third-order valence-electron chi connectivity index (χ3n) is 3.29. The number of nitriles is 1. The van der Waals surface area contributed by atoms with Crippen LogP contribution < -0.4 is 15.4 Å². The van der Waals surface area contributed by atoms with Gasteiger partial charge in [0.05, 0.1) is 18.2 Å². The van der Waals surface area contributed by atoms with Gasteiger partial charge in [0, 0.05) is 11.3 Å². The molecule has 0 fully saturated rings. The third kappa shape index (κ3) is 3.61. The van der Waals surface area contributed by atoms with Gasteiger partial charge in [-0.3, -0.25) is 0 Å². The van der Waals surface area contributed by atoms with E-state index in [4.69, 9.17) is 14.7 Å². The van der Waals surface area contributed by atoms with Crippen LogP contribution in [0.3, 0.4) is 0 Å². The van der Waals surface area contributed by atoms with E-state index in [1.54, 1.807) is 38.1 Å². The highest BCUT2D eigenvalue weighted by atomic mass is 16.5. The molecule has 1 aromatic carbocycles. The fourth-order valence-corrected chi connectivity index (χ4v) is 2.37. The molecule has 2 N–H and O–H groups in total. The van der Waals surface area contributed by atoms with Gasteiger partial charge in [0.25, 0.3) is 0 Å². The molecule has 1 aromatic rings. The molecule has 0 aliphatic carbocycles. The first-order valence-electron chi connectivity index (χ1n) is 7.12. The molecule has 0 saturated heterocycles. The zero-order chi connectivity index (χ0) is 16.8. The van der Waals surface area contributed by atoms with E-state index >= 15 is 0 Å². The molecule has 1 unspecified atom stereocenters. The lowest BCUT2D eigenvalue weighted by Gasteiger charge is -2.29. The molecule has 23 heavy (non-hydrogen) atoms. The van der Waals surface area contributed by atoms with Crippen LogP contribution in [0.5, 0.6) is 5.75 Å². The maximum absolute atomic E-state index is 12.3. The van der Waals surface area contributed by atoms with Gasteiger partial charge in [-0.15, -0.1) is 0 Å². The van der Waals surface area contributed by atoms with E-state index in [1.807, 2.05) is 6.07 Å². The van der Waals surface area contributed by atoms with Crippen molar-refractivity contribution in [2.24, 2.45) is 0 Å². The predicted octanol–water partition coefficient (Wildman–Crippen LogP) is 1.78. The number of para-hydroxylation sites is 1. The van der Waals surface area contributed by atoms with Crippen LogP contribution >= 0.6 is 0 Å². The first-order chi connectivity index (χ1) is 11.1. The van der Waals surface area contributed by atoms with E-state index in [1.165, 1.54) is 0 Å². The molecule has 7 heteroatoms. The first kappa shape index (κ1) is 16.4. The average Bonchev–Trinajstić information content (AvgIpc) is 2.52. The monoisotopic (exact) mass is 315 g/mol. The van der Waals surface area contributed by atoms with E-state index in [0.29, 0.717) is 22.6 Å². The van der Waals surface area contributed by atoms with Crippen LogP contribution in [0.15, 0.2) is 35.5 Å². The molecule has 2 amide bonds. The Bertz CT molecular complexity index is 691. The lowest BCUT2D eigenvalue weighted by atomic mass is 9.95. The minimum atomic E-state index is -0.710. The number of carbonyl (C=O) groups excluding carboxylic acids is 2. The third-order valence-corrected chi connectivity index (χ3v) is 3.29. The molecule has 0 radical (unpaired) electrons. The molecule has 0 spiro atoms. The largest absolute Gasteiger partial charge is 0.478 e. The van der Waals surface area contributed by atoms with E-state index in [2.05, 4.69) is 10.6 Å². The van der Waals surface area contributed by atoms with Gasteiger partial charge >= 0.3 is 12.0 Å². The van der Waals surface area contributed by atoms with Gasteiger partial charge in [0.1, 0.15) is 11.8 Å². The Hall–Kier alpha value is -3.01. The van der Waals surface area contributed by atoms with Crippen LogP contribution in [-0.4, -0.2) is 25.2 Å². The number of ether oxygens (including phenoxy) is 2. The minimum Gasteiger partial charge on any atom is -0.478 e. The zero-order valence-corrected chi connectivity index (χ0v) is 12.9. The Labute approximate surface area is 133 Å². The summed E-state index contributed by atoms with van der Waals surface area (Å²) in [6.45, 7) is 3.44. The van der Waals surface area contributed by atoms with Crippen molar-refractivity contribution < 1.29 is 19.1 Å². The normalized spacial score (nSPS) is 16.9. The van der Waals surface area contributed by atoms with Crippen molar-refractivity contribution in [1.29, 1.82) is 5.26 Å². The van der Waals surface area contributed by atoms with Crippen molar-refractivity contribution in [1.82, 2.24) is 10.6 Å². The van der Waals surface area contributed by atoms with E-state index < -0.39 is 18.0 Å². The number of rotatable bonds is 5. The summed E-state index contributed by atoms with van der Waals surface area (Å²) in [5.74, 6) is -0.0894. The van der Waals surface area contributed by atoms with Gasteiger partial charge in [0.15, 0.2) is 6.61 Å². The van der Waals surface area contributed by atoms with Crippen molar-refractivity contribution in [3.63, 3.8) is 0 Å². The number of hydrogen-bond acceptors (Lipinski definition) is 5. The second kappa shape index (κ2) is 7.31. The average molecular weight is 315 g/mol. The summed E-state index contributed by atoms with van der Waals surface area (Å²) in [5, 5.41) is 13.9. The molecule has 0 aromatic heterocycles. The fourth-order valence-electron chi connectivity index (χ4n) is 2.37. The maximum atomic E-state index is 12.3. The highest BCUT2D eigenvalue weighted by Gasteiger charge is 2.33. The van der Waals surface area contributed by atoms with E-state index in [-0.39, 0.29) is 13.2 Å². The Morgan fingerprint density at radius 2 is 2.13 bits per heavy atom. The summed E-state index contributed by atoms with van der Waals surface area (Å²) >= 11 is 0. The SMILES string of the molecule is CCOC(=O)C1=C(C)NC(=O)NC1c1ccccc1OCC#N. The summed E-state index contributed by atoms with van der Waals surface area (Å²) in [7, 11) is 0. The molecule has 1 atom stereocenters. The van der Waals surface area contributed by atoms with Gasteiger partial charge in [0.2, 0.25) is 0 Å². The van der Waals surface area contributed by atoms with Crippen molar-refractivity contribution >= 4 is 12.0 Å². The summed E-state index contributed by atoms with van der Waals surface area (Å²) in [4.78, 5) is 24.1. The number of esters is 1. The lowest BCUT2D eigenvalue weighted by Crippen LogP contribution is -2.45. The minimum absolute atomic E-state index is 0.132. The Kier molecular flexibility index (Phi) is 5.20. The first-order valence-corrected chi connectivity index (χ1v) is 7.12. The second-order valence-corrected chi connectivity index (χ2v) is 4.78. The van der Waals surface area contributed by atoms with Crippen LogP contribution in [0.2, 0.25) is 0 Å². The van der Waals surface area contributed by atoms with Gasteiger partial charge in [-0.1, -0.05) is 18.2 Å². The summed E-state index contributed by atoms with van der Waals surface area (Å²) in [6.07, 6.45) is 0. The fraction of sp³-hybridized carbons (Fsp3) is 0.312. The quantitative estimate of drug-likeness (QED) is 0.807. The smallest absolute Gasteiger partial charge is 0.338 e. The number of hydrogen-bond donors (Lipinski definition) is 2. The number of benzene rings is 1. The van der Waals surface area contributed by atoms with Crippen molar-refractivity contribution in [3.05, 3.63) is 41.1 Å². The van der Waals surface area contributed by atoms with Crippen LogP contribution in [0, 0.1) is 11.3 Å². The number of carbonyl (C=O) groups is 2. The highest BCUT2D eigenvalue weighted by Crippen LogP contribution is 2.33. The standard InChI is InChI=1S/C16H17N3O4/c1-3-22-15(20)13-10(2)18-16(21)19-14(13)11-6-4-5-7-12(11)23-9-8-17/h4-7,14H,3,9H2,1-2H3,(H2,18,19,21). The lowest BCUT2D eigenvalue weighted by molar-refractivity contribution is -0.139. The molecule has 1 heterocycles. The summed E-state index contributed by atoms with van der Waals surface area (Å²) in [5.41, 5.74) is 1.31. The number of allylic oxidation sites excluding steroid dienone is 1.